The summed E-state index contributed by atoms with van der Waals surface area (Å²) >= 11 is 0. The number of nitrogens with zero attached hydrogens (tertiary/aromatic N) is 1. The molecule has 0 fully saturated rings. The number of hydrogen-bond donors (Lipinski definition) is 3. The standard InChI is InChI=1S/C73H127N2O6P/c1-6-8-10-12-14-16-18-20-22-24-26-28-29-30-31-32-33-34-35-36-37-38-39-40-41-42-43-44-45-47-49-51-53-55-57-59-61-63-65-67-73(77)74-71(70-81-82(78,79)80-69-68-75(3,4)5)72(76)66-64-62-60-58-56-54-52-50-48-46-27-25-23-21-19-17-15-13-11-9-7-2/h8,10,14,16,20,22,26,28,30-31,33-34,36-37,39-40,42-43,45,47,64,66,71-72,76H,6-7,9,11-13,15,17-19,21,23-25,27,29,32,35,38,41,44,46,48-63,65,67-70H2,1-5H3,(H-,74,77,78,79)/p+1/b10-8-,16-14-,22-20-,28-26-,31-30-,34-33-,37-36-,40-39-,43-42-,47-45-,66-64+. The van der Waals surface area contributed by atoms with Gasteiger partial charge in [0, 0.05) is 6.42 Å². The lowest BCUT2D eigenvalue weighted by Crippen LogP contribution is -2.45. The highest BCUT2D eigenvalue weighted by Gasteiger charge is 2.28. The van der Waals surface area contributed by atoms with Gasteiger partial charge in [0.05, 0.1) is 39.9 Å². The van der Waals surface area contributed by atoms with Crippen LogP contribution < -0.4 is 5.32 Å². The van der Waals surface area contributed by atoms with Gasteiger partial charge in [0.25, 0.3) is 0 Å². The Balaban J connectivity index is 4.16. The molecule has 0 saturated carbocycles. The first-order valence-corrected chi connectivity index (χ1v) is 35.1. The molecule has 3 unspecified atom stereocenters. The maximum atomic E-state index is 13.0. The fraction of sp³-hybridized carbons (Fsp3) is 0.685. The van der Waals surface area contributed by atoms with Gasteiger partial charge in [-0.05, 0) is 96.3 Å². The number of phosphoric acid groups is 1. The summed E-state index contributed by atoms with van der Waals surface area (Å²) in [5, 5.41) is 14.0. The van der Waals surface area contributed by atoms with Gasteiger partial charge in [0.15, 0.2) is 0 Å². The van der Waals surface area contributed by atoms with Crippen LogP contribution in [0.2, 0.25) is 0 Å². The van der Waals surface area contributed by atoms with E-state index in [9.17, 15) is 19.4 Å². The van der Waals surface area contributed by atoms with Gasteiger partial charge in [0.1, 0.15) is 13.2 Å². The highest BCUT2D eigenvalue weighted by Crippen LogP contribution is 2.43. The molecule has 82 heavy (non-hydrogen) atoms. The molecule has 0 aromatic rings. The van der Waals surface area contributed by atoms with Gasteiger partial charge in [-0.3, -0.25) is 13.8 Å². The summed E-state index contributed by atoms with van der Waals surface area (Å²) in [6.07, 6.45) is 94.3. The minimum Gasteiger partial charge on any atom is -0.387 e. The minimum absolute atomic E-state index is 0.0539. The van der Waals surface area contributed by atoms with Crippen molar-refractivity contribution in [2.24, 2.45) is 0 Å². The number of phosphoric ester groups is 1. The van der Waals surface area contributed by atoms with Crippen LogP contribution in [0.1, 0.15) is 271 Å². The van der Waals surface area contributed by atoms with Crippen molar-refractivity contribution in [3.05, 3.63) is 134 Å². The van der Waals surface area contributed by atoms with Gasteiger partial charge >= 0.3 is 7.82 Å². The summed E-state index contributed by atoms with van der Waals surface area (Å²) < 4.78 is 23.8. The molecule has 3 N–H and O–H groups in total. The molecule has 0 saturated heterocycles. The Kier molecular flexibility index (Phi) is 59.6. The third kappa shape index (κ3) is 64.2. The highest BCUT2D eigenvalue weighted by molar-refractivity contribution is 7.47. The molecule has 1 amide bonds. The maximum absolute atomic E-state index is 13.0. The third-order valence-corrected chi connectivity index (χ3v) is 15.4. The zero-order valence-corrected chi connectivity index (χ0v) is 54.6. The largest absolute Gasteiger partial charge is 0.472 e. The summed E-state index contributed by atoms with van der Waals surface area (Å²) in [5.41, 5.74) is 0. The number of amides is 1. The monoisotopic (exact) mass is 1160 g/mol. The van der Waals surface area contributed by atoms with Gasteiger partial charge in [-0.15, -0.1) is 0 Å². The van der Waals surface area contributed by atoms with Crippen molar-refractivity contribution in [1.29, 1.82) is 0 Å². The lowest BCUT2D eigenvalue weighted by Gasteiger charge is -2.25. The van der Waals surface area contributed by atoms with Gasteiger partial charge < -0.3 is 19.8 Å². The molecule has 0 aromatic heterocycles. The van der Waals surface area contributed by atoms with Crippen molar-refractivity contribution >= 4 is 13.7 Å². The Hall–Kier alpha value is -3.36. The van der Waals surface area contributed by atoms with E-state index >= 15 is 0 Å². The Bertz CT molecular complexity index is 1800. The van der Waals surface area contributed by atoms with Crippen molar-refractivity contribution in [3.8, 4) is 0 Å². The number of aliphatic hydroxyl groups excluding tert-OH is 1. The zero-order valence-electron chi connectivity index (χ0n) is 53.7. The Morgan fingerprint density at radius 2 is 0.732 bits per heavy atom. The van der Waals surface area contributed by atoms with Crippen LogP contribution in [0.5, 0.6) is 0 Å². The molecule has 470 valence electrons. The Morgan fingerprint density at radius 1 is 0.427 bits per heavy atom. The minimum atomic E-state index is -4.36. The molecule has 3 atom stereocenters. The first-order valence-electron chi connectivity index (χ1n) is 33.6. The van der Waals surface area contributed by atoms with Gasteiger partial charge in [-0.1, -0.05) is 302 Å². The van der Waals surface area contributed by atoms with Gasteiger partial charge in [-0.25, -0.2) is 4.57 Å². The van der Waals surface area contributed by atoms with Crippen molar-refractivity contribution in [3.63, 3.8) is 0 Å². The summed E-state index contributed by atoms with van der Waals surface area (Å²) in [5.74, 6) is -0.189. The second-order valence-corrected chi connectivity index (χ2v) is 24.9. The number of hydrogen-bond acceptors (Lipinski definition) is 5. The molecule has 0 rings (SSSR count). The molecular formula is C73H128N2O6P+. The molecule has 0 spiro atoms. The van der Waals surface area contributed by atoms with Crippen LogP contribution in [0.3, 0.4) is 0 Å². The number of unbranched alkanes of at least 4 members (excludes halogenated alkanes) is 27. The average molecular weight is 1160 g/mol. The second-order valence-electron chi connectivity index (χ2n) is 23.5. The smallest absolute Gasteiger partial charge is 0.387 e. The number of carbonyl (C=O) groups is 1. The predicted octanol–water partition coefficient (Wildman–Crippen LogP) is 21.4. The molecule has 0 heterocycles. The number of quaternary nitrogens is 1. The fourth-order valence-corrected chi connectivity index (χ4v) is 9.92. The Labute approximate surface area is 506 Å². The van der Waals surface area contributed by atoms with Crippen LogP contribution in [0.4, 0.5) is 0 Å². The molecule has 0 aliphatic heterocycles. The molecule has 0 aromatic carbocycles. The van der Waals surface area contributed by atoms with Crippen LogP contribution >= 0.6 is 7.82 Å². The quantitative estimate of drug-likeness (QED) is 0.0243. The molecule has 8 nitrogen and oxygen atoms in total. The molecule has 0 aliphatic carbocycles. The second kappa shape index (κ2) is 62.2. The summed E-state index contributed by atoms with van der Waals surface area (Å²) in [6.45, 7) is 4.70. The maximum Gasteiger partial charge on any atom is 0.472 e. The van der Waals surface area contributed by atoms with E-state index in [0.29, 0.717) is 17.4 Å². The molecule has 9 heteroatoms. The van der Waals surface area contributed by atoms with E-state index in [1.165, 1.54) is 135 Å². The SMILES string of the molecule is CC/C=C\C/C=C\C/C=C\C/C=C\C/C=C\C/C=C\C/C=C\C/C=C\C/C=C\C/C=C\CCCCCCCCCCC(=O)NC(COP(=O)(O)OCC[N+](C)(C)C)C(O)/C=C/CCCCCCCCCCCCCCCCCCCCC. The number of aliphatic hydroxyl groups is 1. The van der Waals surface area contributed by atoms with Gasteiger partial charge in [-0.2, -0.15) is 0 Å². The van der Waals surface area contributed by atoms with Crippen molar-refractivity contribution in [2.45, 2.75) is 283 Å². The van der Waals surface area contributed by atoms with Crippen molar-refractivity contribution in [1.82, 2.24) is 5.32 Å². The van der Waals surface area contributed by atoms with Crippen LogP contribution in [-0.2, 0) is 18.4 Å². The number of rotatable bonds is 60. The highest BCUT2D eigenvalue weighted by atomic mass is 31.2. The van der Waals surface area contributed by atoms with Gasteiger partial charge in [0.2, 0.25) is 5.91 Å². The van der Waals surface area contributed by atoms with Crippen molar-refractivity contribution < 1.29 is 32.9 Å². The fourth-order valence-electron chi connectivity index (χ4n) is 9.19. The summed E-state index contributed by atoms with van der Waals surface area (Å²) in [4.78, 5) is 23.4. The zero-order chi connectivity index (χ0) is 59.8. The normalized spacial score (nSPS) is 14.6. The lowest BCUT2D eigenvalue weighted by molar-refractivity contribution is -0.870. The number of nitrogens with one attached hydrogen (secondary N) is 1. The van der Waals surface area contributed by atoms with Crippen LogP contribution in [0, 0.1) is 0 Å². The third-order valence-electron chi connectivity index (χ3n) is 14.4. The number of carbonyl (C=O) groups excluding carboxylic acids is 1. The molecule has 0 bridgehead atoms. The van der Waals surface area contributed by atoms with Crippen molar-refractivity contribution in [2.75, 3.05) is 40.9 Å². The van der Waals surface area contributed by atoms with Crippen LogP contribution in [-0.4, -0.2) is 73.4 Å². The topological polar surface area (TPSA) is 105 Å². The lowest BCUT2D eigenvalue weighted by atomic mass is 10.0. The van der Waals surface area contributed by atoms with E-state index in [1.807, 2.05) is 27.2 Å². The van der Waals surface area contributed by atoms with E-state index in [2.05, 4.69) is 141 Å². The predicted molar refractivity (Wildman–Crippen MR) is 359 cm³/mol. The average Bonchev–Trinajstić information content (AvgIpc) is 3.46. The number of allylic oxidation sites excluding steroid dienone is 21. The Morgan fingerprint density at radius 3 is 1.07 bits per heavy atom. The van der Waals surface area contributed by atoms with E-state index < -0.39 is 20.0 Å². The summed E-state index contributed by atoms with van der Waals surface area (Å²) in [7, 11) is 1.55. The first kappa shape index (κ1) is 78.6. The van der Waals surface area contributed by atoms with E-state index in [-0.39, 0.29) is 19.1 Å². The van der Waals surface area contributed by atoms with E-state index in [0.717, 1.165) is 116 Å². The van der Waals surface area contributed by atoms with E-state index in [4.69, 9.17) is 9.05 Å². The van der Waals surface area contributed by atoms with Crippen LogP contribution in [0.25, 0.3) is 0 Å². The van der Waals surface area contributed by atoms with E-state index in [1.54, 1.807) is 6.08 Å². The molecular weight excluding hydrogens is 1030 g/mol. The van der Waals surface area contributed by atoms with Crippen LogP contribution in [0.15, 0.2) is 134 Å². The first-order chi connectivity index (χ1) is 40.0. The molecule has 0 radical (unpaired) electrons. The number of likely N-dealkylation sites (N-methyl/N-ethyl adjacent to an activating group) is 1. The summed E-state index contributed by atoms with van der Waals surface area (Å²) in [6, 6.07) is -0.861. The molecule has 0 aliphatic rings.